The van der Waals surface area contributed by atoms with Crippen LogP contribution in [0.4, 0.5) is 0 Å². The summed E-state index contributed by atoms with van der Waals surface area (Å²) in [5.74, 6) is 0.766. The largest absolute Gasteiger partial charge is 0.352 e. The van der Waals surface area contributed by atoms with Crippen LogP contribution in [0.5, 0.6) is 0 Å². The van der Waals surface area contributed by atoms with Crippen molar-refractivity contribution in [2.24, 2.45) is 4.99 Å². The van der Waals surface area contributed by atoms with E-state index in [0.29, 0.717) is 13.1 Å². The second kappa shape index (κ2) is 9.06. The van der Waals surface area contributed by atoms with Gasteiger partial charge in [-0.1, -0.05) is 48.0 Å². The Bertz CT molecular complexity index is 824. The van der Waals surface area contributed by atoms with Crippen LogP contribution in [0.2, 0.25) is 5.02 Å². The van der Waals surface area contributed by atoms with Crippen molar-refractivity contribution in [1.29, 1.82) is 0 Å². The number of guanidine groups is 1. The summed E-state index contributed by atoms with van der Waals surface area (Å²) in [6, 6.07) is 16.3. The minimum atomic E-state index is 0.695. The second-order valence-electron chi connectivity index (χ2n) is 5.96. The summed E-state index contributed by atoms with van der Waals surface area (Å²) in [4.78, 5) is 8.33. The van der Waals surface area contributed by atoms with Crippen LogP contribution in [0.1, 0.15) is 16.7 Å². The molecule has 0 saturated heterocycles. The highest BCUT2D eigenvalue weighted by Gasteiger charge is 2.00. The van der Waals surface area contributed by atoms with Crippen molar-refractivity contribution in [1.82, 2.24) is 20.2 Å². The summed E-state index contributed by atoms with van der Waals surface area (Å²) in [6.45, 7) is 2.24. The molecule has 3 rings (SSSR count). The lowest BCUT2D eigenvalue weighted by atomic mass is 10.1. The molecule has 0 bridgehead atoms. The maximum Gasteiger partial charge on any atom is 0.191 e. The van der Waals surface area contributed by atoms with E-state index in [4.69, 9.17) is 11.6 Å². The minimum Gasteiger partial charge on any atom is -0.352 e. The topological polar surface area (TPSA) is 54.2 Å². The Labute approximate surface area is 158 Å². The van der Waals surface area contributed by atoms with Crippen LogP contribution >= 0.6 is 11.6 Å². The number of halogens is 1. The number of nitrogens with one attached hydrogen (secondary N) is 2. The van der Waals surface area contributed by atoms with Gasteiger partial charge in [0.05, 0.1) is 6.33 Å². The molecule has 0 aliphatic rings. The molecule has 1 aromatic heterocycles. The van der Waals surface area contributed by atoms with Gasteiger partial charge in [0, 0.05) is 44.1 Å². The number of aromatic nitrogens is 2. The fourth-order valence-electron chi connectivity index (χ4n) is 2.55. The van der Waals surface area contributed by atoms with Crippen LogP contribution in [0.25, 0.3) is 0 Å². The molecule has 0 spiro atoms. The van der Waals surface area contributed by atoms with E-state index in [0.717, 1.165) is 23.1 Å². The molecule has 1 heterocycles. The summed E-state index contributed by atoms with van der Waals surface area (Å²) in [5, 5.41) is 7.38. The van der Waals surface area contributed by atoms with Crippen molar-refractivity contribution in [2.75, 3.05) is 7.05 Å². The van der Waals surface area contributed by atoms with E-state index < -0.39 is 0 Å². The fourth-order valence-corrected chi connectivity index (χ4v) is 2.67. The molecule has 0 amide bonds. The van der Waals surface area contributed by atoms with Gasteiger partial charge < -0.3 is 15.2 Å². The van der Waals surface area contributed by atoms with Crippen molar-refractivity contribution in [3.63, 3.8) is 0 Å². The van der Waals surface area contributed by atoms with Crippen molar-refractivity contribution in [2.45, 2.75) is 19.6 Å². The average Bonchev–Trinajstić information content (AvgIpc) is 3.17. The summed E-state index contributed by atoms with van der Waals surface area (Å²) < 4.78 is 2.05. The van der Waals surface area contributed by atoms with E-state index >= 15 is 0 Å². The van der Waals surface area contributed by atoms with Crippen LogP contribution in [0.3, 0.4) is 0 Å². The van der Waals surface area contributed by atoms with Crippen molar-refractivity contribution in [3.05, 3.63) is 89.0 Å². The first-order valence-corrected chi connectivity index (χ1v) is 8.83. The third kappa shape index (κ3) is 5.36. The van der Waals surface area contributed by atoms with Crippen LogP contribution in [-0.2, 0) is 19.6 Å². The van der Waals surface area contributed by atoms with E-state index in [1.54, 1.807) is 13.2 Å². The maximum atomic E-state index is 5.91. The number of hydrogen-bond donors (Lipinski definition) is 2. The standard InChI is InChI=1S/C20H22ClN5/c1-22-20(25-13-17-6-8-19(21)9-7-17)24-12-16-2-4-18(5-3-16)14-26-11-10-23-15-26/h2-11,15H,12-14H2,1H3,(H2,22,24,25). The Morgan fingerprint density at radius 3 is 2.08 bits per heavy atom. The van der Waals surface area contributed by atoms with Crippen LogP contribution in [0, 0.1) is 0 Å². The highest BCUT2D eigenvalue weighted by Crippen LogP contribution is 2.09. The van der Waals surface area contributed by atoms with E-state index in [-0.39, 0.29) is 0 Å². The molecule has 0 unspecified atom stereocenters. The number of nitrogens with zero attached hydrogens (tertiary/aromatic N) is 3. The van der Waals surface area contributed by atoms with Gasteiger partial charge in [0.15, 0.2) is 5.96 Å². The number of aliphatic imine (C=N–C) groups is 1. The predicted molar refractivity (Wildman–Crippen MR) is 106 cm³/mol. The quantitative estimate of drug-likeness (QED) is 0.518. The predicted octanol–water partition coefficient (Wildman–Crippen LogP) is 3.45. The Balaban J connectivity index is 1.48. The van der Waals surface area contributed by atoms with Gasteiger partial charge in [-0.25, -0.2) is 4.98 Å². The lowest BCUT2D eigenvalue weighted by Gasteiger charge is -2.12. The monoisotopic (exact) mass is 367 g/mol. The van der Waals surface area contributed by atoms with Gasteiger partial charge in [-0.05, 0) is 28.8 Å². The van der Waals surface area contributed by atoms with Crippen LogP contribution in [-0.4, -0.2) is 22.6 Å². The Morgan fingerprint density at radius 2 is 1.54 bits per heavy atom. The third-order valence-electron chi connectivity index (χ3n) is 4.00. The summed E-state index contributed by atoms with van der Waals surface area (Å²) >= 11 is 5.91. The highest BCUT2D eigenvalue weighted by molar-refractivity contribution is 6.30. The first-order valence-electron chi connectivity index (χ1n) is 8.45. The van der Waals surface area contributed by atoms with Crippen LogP contribution in [0.15, 0.2) is 72.2 Å². The molecule has 5 nitrogen and oxygen atoms in total. The Kier molecular flexibility index (Phi) is 6.28. The normalized spacial score (nSPS) is 11.4. The molecule has 6 heteroatoms. The number of hydrogen-bond acceptors (Lipinski definition) is 2. The molecular weight excluding hydrogens is 346 g/mol. The molecule has 0 atom stereocenters. The smallest absolute Gasteiger partial charge is 0.191 e. The molecule has 134 valence electrons. The van der Waals surface area contributed by atoms with Gasteiger partial charge in [-0.3, -0.25) is 4.99 Å². The molecule has 0 aliphatic carbocycles. The van der Waals surface area contributed by atoms with E-state index in [2.05, 4.69) is 49.4 Å². The third-order valence-corrected chi connectivity index (χ3v) is 4.26. The van der Waals surface area contributed by atoms with Gasteiger partial charge in [0.1, 0.15) is 0 Å². The van der Waals surface area contributed by atoms with Crippen molar-refractivity contribution < 1.29 is 0 Å². The Hall–Kier alpha value is -2.79. The molecular formula is C20H22ClN5. The molecule has 0 fully saturated rings. The first kappa shape index (κ1) is 18.0. The summed E-state index contributed by atoms with van der Waals surface area (Å²) in [5.41, 5.74) is 3.60. The van der Waals surface area contributed by atoms with Gasteiger partial charge in [0.25, 0.3) is 0 Å². The summed E-state index contributed by atoms with van der Waals surface area (Å²) in [6.07, 6.45) is 5.58. The lowest BCUT2D eigenvalue weighted by Crippen LogP contribution is -2.36. The van der Waals surface area contributed by atoms with Gasteiger partial charge in [-0.15, -0.1) is 0 Å². The van der Waals surface area contributed by atoms with Crippen molar-refractivity contribution >= 4 is 17.6 Å². The zero-order chi connectivity index (χ0) is 18.2. The van der Waals surface area contributed by atoms with E-state index in [9.17, 15) is 0 Å². The first-order chi connectivity index (χ1) is 12.7. The molecule has 2 aromatic carbocycles. The molecule has 3 aromatic rings. The van der Waals surface area contributed by atoms with Gasteiger partial charge >= 0.3 is 0 Å². The van der Waals surface area contributed by atoms with Gasteiger partial charge in [-0.2, -0.15) is 0 Å². The lowest BCUT2D eigenvalue weighted by molar-refractivity contribution is 0.792. The zero-order valence-corrected chi connectivity index (χ0v) is 15.4. The number of imidazole rings is 1. The minimum absolute atomic E-state index is 0.695. The number of rotatable bonds is 6. The zero-order valence-electron chi connectivity index (χ0n) is 14.7. The second-order valence-corrected chi connectivity index (χ2v) is 6.39. The fraction of sp³-hybridized carbons (Fsp3) is 0.200. The SMILES string of the molecule is CN=C(NCc1ccc(Cl)cc1)NCc1ccc(Cn2ccnc2)cc1. The highest BCUT2D eigenvalue weighted by atomic mass is 35.5. The summed E-state index contributed by atoms with van der Waals surface area (Å²) in [7, 11) is 1.77. The number of benzene rings is 2. The van der Waals surface area contributed by atoms with E-state index in [1.807, 2.05) is 36.8 Å². The molecule has 0 aliphatic heterocycles. The van der Waals surface area contributed by atoms with Gasteiger partial charge in [0.2, 0.25) is 0 Å². The van der Waals surface area contributed by atoms with Crippen LogP contribution < -0.4 is 10.6 Å². The molecule has 0 saturated carbocycles. The maximum absolute atomic E-state index is 5.91. The van der Waals surface area contributed by atoms with Crippen molar-refractivity contribution in [3.8, 4) is 0 Å². The molecule has 2 N–H and O–H groups in total. The Morgan fingerprint density at radius 1 is 0.962 bits per heavy atom. The average molecular weight is 368 g/mol. The molecule has 26 heavy (non-hydrogen) atoms. The molecule has 0 radical (unpaired) electrons. The van der Waals surface area contributed by atoms with E-state index in [1.165, 1.54) is 11.1 Å².